The summed E-state index contributed by atoms with van der Waals surface area (Å²) in [7, 11) is 6.28. The number of hydrogen-bond donors (Lipinski definition) is 1. The lowest BCUT2D eigenvalue weighted by atomic mass is 10.0. The summed E-state index contributed by atoms with van der Waals surface area (Å²) < 4.78 is 0. The molecule has 0 aliphatic carbocycles. The third kappa shape index (κ3) is 5.70. The van der Waals surface area contributed by atoms with Gasteiger partial charge in [-0.15, -0.1) is 0 Å². The van der Waals surface area contributed by atoms with E-state index in [1.807, 2.05) is 0 Å². The zero-order chi connectivity index (χ0) is 15.1. The Labute approximate surface area is 128 Å². The maximum Gasteiger partial charge on any atom is 0.0642 e. The highest BCUT2D eigenvalue weighted by Crippen LogP contribution is 2.26. The van der Waals surface area contributed by atoms with Crippen LogP contribution in [-0.4, -0.2) is 45.2 Å². The quantitative estimate of drug-likeness (QED) is 0.800. The molecule has 0 saturated heterocycles. The van der Waals surface area contributed by atoms with E-state index in [0.717, 1.165) is 43.1 Å². The second-order valence-corrected chi connectivity index (χ2v) is 6.14. The third-order valence-electron chi connectivity index (χ3n) is 3.54. The Morgan fingerprint density at radius 2 is 1.90 bits per heavy atom. The maximum atomic E-state index is 6.40. The molecule has 0 amide bonds. The number of rotatable bonds is 8. The minimum Gasteiger partial charge on any atom is -0.373 e. The highest BCUT2D eigenvalue weighted by atomic mass is 35.5. The van der Waals surface area contributed by atoms with Crippen LogP contribution in [0.25, 0.3) is 0 Å². The molecule has 20 heavy (non-hydrogen) atoms. The Kier molecular flexibility index (Phi) is 7.35. The van der Waals surface area contributed by atoms with Gasteiger partial charge in [-0.1, -0.05) is 24.6 Å². The van der Waals surface area contributed by atoms with E-state index in [-0.39, 0.29) is 6.04 Å². The van der Waals surface area contributed by atoms with E-state index in [1.165, 1.54) is 5.56 Å². The molecule has 114 valence electrons. The van der Waals surface area contributed by atoms with Crippen molar-refractivity contribution in [2.45, 2.75) is 32.2 Å². The first kappa shape index (κ1) is 17.3. The zero-order valence-corrected chi connectivity index (χ0v) is 14.0. The van der Waals surface area contributed by atoms with Crippen LogP contribution in [0.3, 0.4) is 0 Å². The van der Waals surface area contributed by atoms with Crippen molar-refractivity contribution in [1.82, 2.24) is 4.90 Å². The molecular formula is C16H28ClN3. The molecule has 0 heterocycles. The van der Waals surface area contributed by atoms with Crippen LogP contribution in [0.2, 0.25) is 5.02 Å². The molecule has 1 atom stereocenters. The predicted molar refractivity (Wildman–Crippen MR) is 89.9 cm³/mol. The van der Waals surface area contributed by atoms with Crippen LogP contribution in [0.15, 0.2) is 18.2 Å². The third-order valence-corrected chi connectivity index (χ3v) is 3.85. The van der Waals surface area contributed by atoms with Gasteiger partial charge in [0.05, 0.1) is 10.7 Å². The molecule has 0 radical (unpaired) electrons. The molecule has 0 aromatic heterocycles. The number of halogens is 1. The van der Waals surface area contributed by atoms with E-state index in [9.17, 15) is 0 Å². The summed E-state index contributed by atoms with van der Waals surface area (Å²) in [4.78, 5) is 4.42. The molecular weight excluding hydrogens is 270 g/mol. The van der Waals surface area contributed by atoms with Crippen LogP contribution >= 0.6 is 11.6 Å². The fraction of sp³-hybridized carbons (Fsp3) is 0.625. The number of anilines is 1. The first-order valence-corrected chi connectivity index (χ1v) is 7.71. The Morgan fingerprint density at radius 1 is 1.20 bits per heavy atom. The highest BCUT2D eigenvalue weighted by Gasteiger charge is 2.08. The van der Waals surface area contributed by atoms with Crippen LogP contribution in [0.5, 0.6) is 0 Å². The van der Waals surface area contributed by atoms with E-state index in [4.69, 9.17) is 17.3 Å². The van der Waals surface area contributed by atoms with Gasteiger partial charge in [-0.25, -0.2) is 0 Å². The van der Waals surface area contributed by atoms with E-state index in [2.05, 4.69) is 56.1 Å². The molecule has 0 aliphatic rings. The number of nitrogens with two attached hydrogens (primary N) is 1. The molecule has 0 spiro atoms. The smallest absolute Gasteiger partial charge is 0.0642 e. The number of hydrogen-bond acceptors (Lipinski definition) is 3. The molecule has 3 nitrogen and oxygen atoms in total. The molecule has 1 aromatic rings. The summed E-state index contributed by atoms with van der Waals surface area (Å²) >= 11 is 6.40. The summed E-state index contributed by atoms with van der Waals surface area (Å²) in [6.07, 6.45) is 3.01. The molecule has 0 aliphatic heterocycles. The highest BCUT2D eigenvalue weighted by molar-refractivity contribution is 6.33. The minimum absolute atomic E-state index is 0.217. The maximum absolute atomic E-state index is 6.40. The first-order chi connectivity index (χ1) is 9.43. The van der Waals surface area contributed by atoms with E-state index < -0.39 is 0 Å². The summed E-state index contributed by atoms with van der Waals surface area (Å²) in [5.74, 6) is 0. The molecule has 1 unspecified atom stereocenters. The summed E-state index contributed by atoms with van der Waals surface area (Å²) in [6, 6.07) is 6.51. The zero-order valence-electron chi connectivity index (χ0n) is 13.2. The van der Waals surface area contributed by atoms with Gasteiger partial charge < -0.3 is 15.5 Å². The fourth-order valence-electron chi connectivity index (χ4n) is 2.18. The molecule has 0 bridgehead atoms. The van der Waals surface area contributed by atoms with Crippen molar-refractivity contribution in [3.63, 3.8) is 0 Å². The molecule has 1 rings (SSSR count). The van der Waals surface area contributed by atoms with Crippen molar-refractivity contribution >= 4 is 17.3 Å². The topological polar surface area (TPSA) is 32.5 Å². The molecule has 2 N–H and O–H groups in total. The van der Waals surface area contributed by atoms with Crippen molar-refractivity contribution in [3.05, 3.63) is 28.8 Å². The lowest BCUT2D eigenvalue weighted by Crippen LogP contribution is -2.24. The Bertz CT molecular complexity index is 407. The first-order valence-electron chi connectivity index (χ1n) is 7.34. The van der Waals surface area contributed by atoms with E-state index in [1.54, 1.807) is 0 Å². The number of benzene rings is 1. The molecule has 1 aromatic carbocycles. The second kappa shape index (κ2) is 8.50. The van der Waals surface area contributed by atoms with Gasteiger partial charge in [0.25, 0.3) is 0 Å². The van der Waals surface area contributed by atoms with Crippen molar-refractivity contribution < 1.29 is 0 Å². The Morgan fingerprint density at radius 3 is 2.45 bits per heavy atom. The van der Waals surface area contributed by atoms with Crippen LogP contribution in [-0.2, 0) is 6.42 Å². The van der Waals surface area contributed by atoms with Gasteiger partial charge in [0, 0.05) is 19.6 Å². The van der Waals surface area contributed by atoms with Gasteiger partial charge in [0.15, 0.2) is 0 Å². The van der Waals surface area contributed by atoms with Crippen LogP contribution in [0.1, 0.15) is 25.3 Å². The summed E-state index contributed by atoms with van der Waals surface area (Å²) in [5.41, 5.74) is 8.30. The average molecular weight is 298 g/mol. The van der Waals surface area contributed by atoms with Crippen molar-refractivity contribution in [2.75, 3.05) is 39.1 Å². The molecule has 0 saturated carbocycles. The second-order valence-electron chi connectivity index (χ2n) is 5.74. The van der Waals surface area contributed by atoms with Crippen molar-refractivity contribution in [3.8, 4) is 0 Å². The molecule has 0 fully saturated rings. The summed E-state index contributed by atoms with van der Waals surface area (Å²) in [6.45, 7) is 4.20. The number of nitrogens with zero attached hydrogens (tertiary/aromatic N) is 2. The van der Waals surface area contributed by atoms with Gasteiger partial charge in [0.2, 0.25) is 0 Å². The summed E-state index contributed by atoms with van der Waals surface area (Å²) in [5, 5.41) is 0.818. The van der Waals surface area contributed by atoms with E-state index in [0.29, 0.717) is 0 Å². The van der Waals surface area contributed by atoms with Crippen LogP contribution < -0.4 is 10.6 Å². The fourth-order valence-corrected chi connectivity index (χ4v) is 2.53. The largest absolute Gasteiger partial charge is 0.373 e. The normalized spacial score (nSPS) is 12.8. The predicted octanol–water partition coefficient (Wildman–Crippen LogP) is 3.01. The Hall–Kier alpha value is -0.770. The SMILES string of the molecule is CCC(N)Cc1ccc(N(C)CCCN(C)C)c(Cl)c1. The Balaban J connectivity index is 2.62. The minimum atomic E-state index is 0.217. The van der Waals surface area contributed by atoms with Gasteiger partial charge in [-0.3, -0.25) is 0 Å². The van der Waals surface area contributed by atoms with E-state index >= 15 is 0 Å². The standard InChI is InChI=1S/C16H28ClN3/c1-5-14(18)11-13-7-8-16(15(17)12-13)20(4)10-6-9-19(2)3/h7-8,12,14H,5-6,9-11,18H2,1-4H3. The van der Waals surface area contributed by atoms with Crippen LogP contribution in [0, 0.1) is 0 Å². The lowest BCUT2D eigenvalue weighted by Gasteiger charge is -2.22. The van der Waals surface area contributed by atoms with Gasteiger partial charge >= 0.3 is 0 Å². The monoisotopic (exact) mass is 297 g/mol. The molecule has 4 heteroatoms. The lowest BCUT2D eigenvalue weighted by molar-refractivity contribution is 0.401. The van der Waals surface area contributed by atoms with Crippen molar-refractivity contribution in [1.29, 1.82) is 0 Å². The average Bonchev–Trinajstić information content (AvgIpc) is 2.38. The van der Waals surface area contributed by atoms with Gasteiger partial charge in [0.1, 0.15) is 0 Å². The van der Waals surface area contributed by atoms with Crippen molar-refractivity contribution in [2.24, 2.45) is 5.73 Å². The van der Waals surface area contributed by atoms with Gasteiger partial charge in [-0.2, -0.15) is 0 Å². The van der Waals surface area contributed by atoms with Gasteiger partial charge in [-0.05, 0) is 57.6 Å². The van der Waals surface area contributed by atoms with Crippen LogP contribution in [0.4, 0.5) is 5.69 Å².